The lowest BCUT2D eigenvalue weighted by atomic mass is 10.3. The lowest BCUT2D eigenvalue weighted by Gasteiger charge is -2.18. The lowest BCUT2D eigenvalue weighted by Crippen LogP contribution is -2.19. The summed E-state index contributed by atoms with van der Waals surface area (Å²) in [5.74, 6) is 0.506. The first-order chi connectivity index (χ1) is 9.22. The minimum atomic E-state index is -3.33. The standard InChI is InChI=1S/C14H15O4P/c1-16-13-10-6-7-11-14(13)19(15,18-17-2)12-8-4-3-5-9-12/h3-11H,1-2H3. The average molecular weight is 278 g/mol. The zero-order chi connectivity index (χ0) is 13.7. The van der Waals surface area contributed by atoms with Crippen molar-refractivity contribution in [1.29, 1.82) is 0 Å². The monoisotopic (exact) mass is 278 g/mol. The van der Waals surface area contributed by atoms with Crippen LogP contribution in [0.5, 0.6) is 5.75 Å². The number of methoxy groups -OCH3 is 1. The molecule has 0 saturated carbocycles. The van der Waals surface area contributed by atoms with Gasteiger partial charge >= 0.3 is 0 Å². The van der Waals surface area contributed by atoms with E-state index in [0.717, 1.165) is 0 Å². The van der Waals surface area contributed by atoms with E-state index < -0.39 is 7.37 Å². The maximum atomic E-state index is 13.2. The molecule has 0 aliphatic rings. The fraction of sp³-hybridized carbons (Fsp3) is 0.143. The molecule has 0 amide bonds. The summed E-state index contributed by atoms with van der Waals surface area (Å²) in [4.78, 5) is 4.70. The van der Waals surface area contributed by atoms with Crippen molar-refractivity contribution in [2.45, 2.75) is 0 Å². The zero-order valence-electron chi connectivity index (χ0n) is 10.8. The van der Waals surface area contributed by atoms with Crippen LogP contribution in [0.4, 0.5) is 0 Å². The molecule has 100 valence electrons. The Morgan fingerprint density at radius 2 is 1.53 bits per heavy atom. The molecule has 5 heteroatoms. The molecule has 0 bridgehead atoms. The third kappa shape index (κ3) is 2.71. The second kappa shape index (κ2) is 6.02. The van der Waals surface area contributed by atoms with Crippen molar-refractivity contribution >= 4 is 18.0 Å². The van der Waals surface area contributed by atoms with Crippen molar-refractivity contribution < 1.29 is 18.9 Å². The lowest BCUT2D eigenvalue weighted by molar-refractivity contribution is -0.173. The highest BCUT2D eigenvalue weighted by molar-refractivity contribution is 7.74. The summed E-state index contributed by atoms with van der Waals surface area (Å²) in [5, 5.41) is 1.03. The molecule has 0 heterocycles. The third-order valence-electron chi connectivity index (χ3n) is 2.68. The van der Waals surface area contributed by atoms with Gasteiger partial charge in [0.1, 0.15) is 5.75 Å². The van der Waals surface area contributed by atoms with E-state index >= 15 is 0 Å². The van der Waals surface area contributed by atoms with Crippen LogP contribution in [-0.4, -0.2) is 14.2 Å². The Morgan fingerprint density at radius 1 is 0.895 bits per heavy atom. The van der Waals surface area contributed by atoms with Crippen LogP contribution < -0.4 is 15.3 Å². The predicted octanol–water partition coefficient (Wildman–Crippen LogP) is 2.50. The van der Waals surface area contributed by atoms with Gasteiger partial charge in [0, 0.05) is 5.30 Å². The topological polar surface area (TPSA) is 44.8 Å². The molecule has 0 aliphatic carbocycles. The number of hydrogen-bond donors (Lipinski definition) is 0. The number of ether oxygens (including phenoxy) is 1. The van der Waals surface area contributed by atoms with Crippen LogP contribution in [0.15, 0.2) is 54.6 Å². The molecule has 2 aromatic rings. The molecule has 0 fully saturated rings. The Bertz CT molecular complexity index is 583. The molecular formula is C14H15O4P. The van der Waals surface area contributed by atoms with Crippen molar-refractivity contribution in [3.05, 3.63) is 54.6 Å². The summed E-state index contributed by atoms with van der Waals surface area (Å²) in [6.45, 7) is 0. The number of para-hydroxylation sites is 1. The van der Waals surface area contributed by atoms with Crippen LogP contribution in [0.25, 0.3) is 0 Å². The molecule has 1 unspecified atom stereocenters. The van der Waals surface area contributed by atoms with Gasteiger partial charge < -0.3 is 4.74 Å². The fourth-order valence-electron chi connectivity index (χ4n) is 1.82. The first-order valence-electron chi connectivity index (χ1n) is 5.74. The summed E-state index contributed by atoms with van der Waals surface area (Å²) in [7, 11) is -0.458. The van der Waals surface area contributed by atoms with E-state index in [1.807, 2.05) is 12.1 Å². The third-order valence-corrected chi connectivity index (χ3v) is 5.02. The van der Waals surface area contributed by atoms with Crippen LogP contribution in [0.1, 0.15) is 0 Å². The molecule has 0 radical (unpaired) electrons. The van der Waals surface area contributed by atoms with Crippen LogP contribution >= 0.6 is 7.37 Å². The van der Waals surface area contributed by atoms with Crippen molar-refractivity contribution in [2.24, 2.45) is 0 Å². The summed E-state index contributed by atoms with van der Waals surface area (Å²) < 4.78 is 23.5. The molecule has 0 spiro atoms. The number of hydrogen-bond acceptors (Lipinski definition) is 4. The van der Waals surface area contributed by atoms with Gasteiger partial charge in [0.2, 0.25) is 0 Å². The molecule has 1 atom stereocenters. The highest BCUT2D eigenvalue weighted by Crippen LogP contribution is 2.47. The average Bonchev–Trinajstić information content (AvgIpc) is 2.48. The van der Waals surface area contributed by atoms with Crippen molar-refractivity contribution in [3.8, 4) is 5.75 Å². The molecule has 0 aliphatic heterocycles. The van der Waals surface area contributed by atoms with E-state index in [1.165, 1.54) is 14.2 Å². The van der Waals surface area contributed by atoms with Crippen LogP contribution in [0.3, 0.4) is 0 Å². The molecule has 2 rings (SSSR count). The molecular weight excluding hydrogens is 263 g/mol. The molecule has 0 N–H and O–H groups in total. The minimum Gasteiger partial charge on any atom is -0.496 e. The quantitative estimate of drug-likeness (QED) is 0.479. The Balaban J connectivity index is 2.60. The second-order valence-electron chi connectivity index (χ2n) is 3.80. The van der Waals surface area contributed by atoms with E-state index in [9.17, 15) is 4.57 Å². The van der Waals surface area contributed by atoms with E-state index in [4.69, 9.17) is 14.3 Å². The van der Waals surface area contributed by atoms with Crippen molar-refractivity contribution in [2.75, 3.05) is 14.2 Å². The van der Waals surface area contributed by atoms with Crippen LogP contribution in [-0.2, 0) is 14.1 Å². The number of rotatable bonds is 5. The molecule has 4 nitrogen and oxygen atoms in total. The largest absolute Gasteiger partial charge is 0.496 e. The van der Waals surface area contributed by atoms with Gasteiger partial charge in [-0.25, -0.2) is 4.89 Å². The molecule has 0 aromatic heterocycles. The van der Waals surface area contributed by atoms with E-state index in [-0.39, 0.29) is 0 Å². The number of benzene rings is 2. The molecule has 19 heavy (non-hydrogen) atoms. The van der Waals surface area contributed by atoms with Gasteiger partial charge in [-0.2, -0.15) is 4.67 Å². The molecule has 2 aromatic carbocycles. The minimum absolute atomic E-state index is 0.477. The van der Waals surface area contributed by atoms with E-state index in [2.05, 4.69) is 0 Å². The summed E-state index contributed by atoms with van der Waals surface area (Å²) in [6.07, 6.45) is 0. The maximum absolute atomic E-state index is 13.2. The Labute approximate surface area is 112 Å². The first-order valence-corrected chi connectivity index (χ1v) is 7.36. The van der Waals surface area contributed by atoms with Gasteiger partial charge in [-0.05, 0) is 24.3 Å². The van der Waals surface area contributed by atoms with Gasteiger partial charge in [-0.1, -0.05) is 30.3 Å². The Kier molecular flexibility index (Phi) is 4.38. The zero-order valence-corrected chi connectivity index (χ0v) is 11.7. The first kappa shape index (κ1) is 13.8. The van der Waals surface area contributed by atoms with Gasteiger partial charge in [-0.15, -0.1) is 0 Å². The summed E-state index contributed by atoms with van der Waals surface area (Å²) >= 11 is 0. The fourth-order valence-corrected chi connectivity index (χ4v) is 3.78. The molecule has 0 saturated heterocycles. The normalized spacial score (nSPS) is 13.8. The van der Waals surface area contributed by atoms with E-state index in [0.29, 0.717) is 16.4 Å². The summed E-state index contributed by atoms with van der Waals surface area (Å²) in [6, 6.07) is 16.0. The smallest absolute Gasteiger partial charge is 0.294 e. The van der Waals surface area contributed by atoms with Gasteiger partial charge in [0.25, 0.3) is 7.37 Å². The highest BCUT2D eigenvalue weighted by atomic mass is 31.2. The predicted molar refractivity (Wildman–Crippen MR) is 74.4 cm³/mol. The van der Waals surface area contributed by atoms with Crippen LogP contribution in [0.2, 0.25) is 0 Å². The Morgan fingerprint density at radius 3 is 2.16 bits per heavy atom. The van der Waals surface area contributed by atoms with Crippen LogP contribution in [0, 0.1) is 0 Å². The van der Waals surface area contributed by atoms with Crippen molar-refractivity contribution in [3.63, 3.8) is 0 Å². The van der Waals surface area contributed by atoms with Gasteiger partial charge in [0.05, 0.1) is 19.5 Å². The van der Waals surface area contributed by atoms with Gasteiger partial charge in [0.15, 0.2) is 0 Å². The highest BCUT2D eigenvalue weighted by Gasteiger charge is 2.32. The second-order valence-corrected chi connectivity index (χ2v) is 6.05. The SMILES string of the molecule is COOP(=O)(c1ccccc1)c1ccccc1OC. The maximum Gasteiger partial charge on any atom is 0.294 e. The Hall–Kier alpha value is -1.61. The van der Waals surface area contributed by atoms with E-state index in [1.54, 1.807) is 42.5 Å². The summed E-state index contributed by atoms with van der Waals surface area (Å²) in [5.41, 5.74) is 0. The van der Waals surface area contributed by atoms with Gasteiger partial charge in [-0.3, -0.25) is 4.57 Å². The van der Waals surface area contributed by atoms with Crippen molar-refractivity contribution in [1.82, 2.24) is 0 Å².